The molecule has 0 amide bonds. The van der Waals surface area contributed by atoms with Crippen LogP contribution in [-0.4, -0.2) is 27.2 Å². The van der Waals surface area contributed by atoms with Crippen molar-refractivity contribution < 1.29 is 9.64 Å². The average Bonchev–Trinajstić information content (AvgIpc) is 2.20. The second-order valence-electron chi connectivity index (χ2n) is 4.88. The molecule has 0 atom stereocenters. The number of quaternary nitrogens is 1. The molecule has 0 aliphatic rings. The number of hydrogen-bond donors (Lipinski definition) is 1. The van der Waals surface area contributed by atoms with Crippen LogP contribution in [-0.2, 0) is 0 Å². The summed E-state index contributed by atoms with van der Waals surface area (Å²) in [5.74, 6) is 1.05. The molecule has 0 aliphatic carbocycles. The van der Waals surface area contributed by atoms with Gasteiger partial charge in [-0.3, -0.25) is 0 Å². The molecule has 3 heteroatoms. The minimum Gasteiger partial charge on any atom is -0.493 e. The Labute approximate surface area is 113 Å². The van der Waals surface area contributed by atoms with Crippen LogP contribution in [0.1, 0.15) is 24.0 Å². The Morgan fingerprint density at radius 3 is 2.24 bits per heavy atom. The molecule has 0 bridgehead atoms. The van der Waals surface area contributed by atoms with Gasteiger partial charge < -0.3 is 9.64 Å². The summed E-state index contributed by atoms with van der Waals surface area (Å²) in [5.41, 5.74) is 2.41. The molecule has 0 radical (unpaired) electrons. The van der Waals surface area contributed by atoms with Crippen LogP contribution in [0, 0.1) is 13.8 Å². The second-order valence-corrected chi connectivity index (χ2v) is 5.80. The second kappa shape index (κ2) is 7.02. The number of unbranched alkanes of at least 4 members (excludes halogenated alkanes) is 1. The molecule has 17 heavy (non-hydrogen) atoms. The quantitative estimate of drug-likeness (QED) is 0.797. The Hall–Kier alpha value is -0.540. The average molecular weight is 301 g/mol. The summed E-state index contributed by atoms with van der Waals surface area (Å²) in [6.45, 7) is 6.21. The maximum absolute atomic E-state index is 5.87. The van der Waals surface area contributed by atoms with Crippen LogP contribution in [0.15, 0.2) is 16.6 Å². The summed E-state index contributed by atoms with van der Waals surface area (Å²) in [6, 6.07) is 4.21. The molecular formula is C14H23BrNO+. The van der Waals surface area contributed by atoms with Crippen molar-refractivity contribution in [2.45, 2.75) is 26.7 Å². The molecule has 0 fully saturated rings. The zero-order valence-electron chi connectivity index (χ0n) is 11.3. The summed E-state index contributed by atoms with van der Waals surface area (Å²) in [7, 11) is 4.37. The van der Waals surface area contributed by atoms with Crippen molar-refractivity contribution in [1.29, 1.82) is 0 Å². The number of halogens is 1. The van der Waals surface area contributed by atoms with Gasteiger partial charge in [-0.1, -0.05) is 15.9 Å². The van der Waals surface area contributed by atoms with E-state index in [0.717, 1.165) is 23.2 Å². The third kappa shape index (κ3) is 5.09. The van der Waals surface area contributed by atoms with E-state index in [0.29, 0.717) is 0 Å². The Morgan fingerprint density at radius 1 is 1.12 bits per heavy atom. The molecule has 0 unspecified atom stereocenters. The Balaban J connectivity index is 2.42. The van der Waals surface area contributed by atoms with Gasteiger partial charge in [0.1, 0.15) is 5.75 Å². The lowest BCUT2D eigenvalue weighted by Crippen LogP contribution is -3.05. The lowest BCUT2D eigenvalue weighted by Gasteiger charge is -2.13. The summed E-state index contributed by atoms with van der Waals surface area (Å²) in [4.78, 5) is 1.50. The first-order valence-electron chi connectivity index (χ1n) is 6.19. The fourth-order valence-electron chi connectivity index (χ4n) is 1.88. The van der Waals surface area contributed by atoms with Gasteiger partial charge in [0.05, 0.1) is 27.2 Å². The van der Waals surface area contributed by atoms with Gasteiger partial charge in [0.15, 0.2) is 0 Å². The van der Waals surface area contributed by atoms with Gasteiger partial charge in [0, 0.05) is 4.47 Å². The number of benzene rings is 1. The summed E-state index contributed by atoms with van der Waals surface area (Å²) in [5, 5.41) is 0. The van der Waals surface area contributed by atoms with Crippen LogP contribution < -0.4 is 9.64 Å². The van der Waals surface area contributed by atoms with Crippen molar-refractivity contribution in [2.75, 3.05) is 27.2 Å². The third-order valence-corrected chi connectivity index (χ3v) is 3.20. The lowest BCUT2D eigenvalue weighted by molar-refractivity contribution is -0.858. The van der Waals surface area contributed by atoms with E-state index in [1.54, 1.807) is 0 Å². The van der Waals surface area contributed by atoms with Gasteiger partial charge in [-0.2, -0.15) is 0 Å². The number of aryl methyl sites for hydroxylation is 2. The first-order chi connectivity index (χ1) is 8.00. The number of hydrogen-bond acceptors (Lipinski definition) is 1. The normalized spacial score (nSPS) is 10.9. The van der Waals surface area contributed by atoms with Crippen LogP contribution in [0.5, 0.6) is 5.75 Å². The predicted octanol–water partition coefficient (Wildman–Crippen LogP) is 2.37. The molecule has 1 aromatic carbocycles. The largest absolute Gasteiger partial charge is 0.493 e. The minimum atomic E-state index is 0.816. The van der Waals surface area contributed by atoms with E-state index < -0.39 is 0 Å². The fourth-order valence-corrected chi connectivity index (χ4v) is 2.57. The molecule has 0 aliphatic heterocycles. The molecule has 1 N–H and O–H groups in total. The SMILES string of the molecule is Cc1cc(Br)cc(C)c1OCCCC[NH+](C)C. The van der Waals surface area contributed by atoms with Crippen LogP contribution >= 0.6 is 15.9 Å². The highest BCUT2D eigenvalue weighted by atomic mass is 79.9. The van der Waals surface area contributed by atoms with Gasteiger partial charge in [-0.15, -0.1) is 0 Å². The highest BCUT2D eigenvalue weighted by Gasteiger charge is 2.05. The number of nitrogens with one attached hydrogen (secondary N) is 1. The first-order valence-corrected chi connectivity index (χ1v) is 6.98. The summed E-state index contributed by atoms with van der Waals surface area (Å²) < 4.78 is 7.00. The molecular weight excluding hydrogens is 278 g/mol. The van der Waals surface area contributed by atoms with Crippen molar-refractivity contribution in [3.63, 3.8) is 0 Å². The van der Waals surface area contributed by atoms with Gasteiger partial charge in [0.2, 0.25) is 0 Å². The van der Waals surface area contributed by atoms with E-state index >= 15 is 0 Å². The third-order valence-electron chi connectivity index (χ3n) is 2.74. The molecule has 2 nitrogen and oxygen atoms in total. The zero-order valence-corrected chi connectivity index (χ0v) is 12.9. The fraction of sp³-hybridized carbons (Fsp3) is 0.571. The topological polar surface area (TPSA) is 13.7 Å². The van der Waals surface area contributed by atoms with Gasteiger partial charge >= 0.3 is 0 Å². The summed E-state index contributed by atoms with van der Waals surface area (Å²) in [6.07, 6.45) is 2.34. The Morgan fingerprint density at radius 2 is 1.71 bits per heavy atom. The molecule has 0 heterocycles. The summed E-state index contributed by atoms with van der Waals surface area (Å²) >= 11 is 3.50. The van der Waals surface area contributed by atoms with Gasteiger partial charge in [0.25, 0.3) is 0 Å². The van der Waals surface area contributed by atoms with E-state index in [1.807, 2.05) is 0 Å². The Kier molecular flexibility index (Phi) is 6.00. The number of ether oxygens (including phenoxy) is 1. The monoisotopic (exact) mass is 300 g/mol. The molecule has 0 spiro atoms. The molecule has 0 aromatic heterocycles. The molecule has 96 valence electrons. The van der Waals surface area contributed by atoms with Gasteiger partial charge in [-0.05, 0) is 49.9 Å². The van der Waals surface area contributed by atoms with Crippen LogP contribution in [0.3, 0.4) is 0 Å². The van der Waals surface area contributed by atoms with Gasteiger partial charge in [-0.25, -0.2) is 0 Å². The zero-order chi connectivity index (χ0) is 12.8. The van der Waals surface area contributed by atoms with E-state index in [2.05, 4.69) is 56.0 Å². The van der Waals surface area contributed by atoms with Crippen molar-refractivity contribution >= 4 is 15.9 Å². The van der Waals surface area contributed by atoms with E-state index in [1.165, 1.54) is 29.0 Å². The minimum absolute atomic E-state index is 0.816. The maximum Gasteiger partial charge on any atom is 0.125 e. The Bertz CT molecular complexity index is 340. The smallest absolute Gasteiger partial charge is 0.125 e. The van der Waals surface area contributed by atoms with E-state index in [9.17, 15) is 0 Å². The van der Waals surface area contributed by atoms with Crippen molar-refractivity contribution in [2.24, 2.45) is 0 Å². The van der Waals surface area contributed by atoms with Crippen molar-refractivity contribution in [3.05, 3.63) is 27.7 Å². The highest BCUT2D eigenvalue weighted by Crippen LogP contribution is 2.27. The molecule has 1 rings (SSSR count). The predicted molar refractivity (Wildman–Crippen MR) is 76.0 cm³/mol. The standard InChI is InChI=1S/C14H22BrNO/c1-11-9-13(15)10-12(2)14(11)17-8-6-5-7-16(3)4/h9-10H,5-8H2,1-4H3/p+1. The van der Waals surface area contributed by atoms with Crippen LogP contribution in [0.2, 0.25) is 0 Å². The first kappa shape index (κ1) is 14.5. The van der Waals surface area contributed by atoms with Crippen molar-refractivity contribution in [3.8, 4) is 5.75 Å². The van der Waals surface area contributed by atoms with E-state index in [-0.39, 0.29) is 0 Å². The highest BCUT2D eigenvalue weighted by molar-refractivity contribution is 9.10. The van der Waals surface area contributed by atoms with Crippen LogP contribution in [0.25, 0.3) is 0 Å². The molecule has 0 saturated carbocycles. The van der Waals surface area contributed by atoms with E-state index in [4.69, 9.17) is 4.74 Å². The number of rotatable bonds is 6. The van der Waals surface area contributed by atoms with Crippen molar-refractivity contribution in [1.82, 2.24) is 0 Å². The maximum atomic E-state index is 5.87. The molecule has 0 saturated heterocycles. The lowest BCUT2D eigenvalue weighted by atomic mass is 10.1. The van der Waals surface area contributed by atoms with Crippen LogP contribution in [0.4, 0.5) is 0 Å². The molecule has 1 aromatic rings.